The molecule has 1 saturated heterocycles. The molecule has 1 saturated carbocycles. The summed E-state index contributed by atoms with van der Waals surface area (Å²) >= 11 is 0. The van der Waals surface area contributed by atoms with Gasteiger partial charge in [-0.15, -0.1) is 0 Å². The summed E-state index contributed by atoms with van der Waals surface area (Å²) in [4.78, 5) is 26.8. The number of hydrogen-bond donors (Lipinski definition) is 1. The molecule has 2 amide bonds. The number of likely N-dealkylation sites (tertiary alicyclic amines) is 1. The molecule has 0 aromatic heterocycles. The molecule has 148 valence electrons. The van der Waals surface area contributed by atoms with Crippen LogP contribution in [0.15, 0.2) is 12.1 Å². The van der Waals surface area contributed by atoms with Crippen LogP contribution in [0, 0.1) is 0 Å². The number of benzene rings is 1. The summed E-state index contributed by atoms with van der Waals surface area (Å²) in [5.41, 5.74) is 0.433. The summed E-state index contributed by atoms with van der Waals surface area (Å²) in [6.45, 7) is 7.58. The molecular weight excluding hydrogens is 348 g/mol. The molecular formula is C20H28N2O5. The molecule has 1 aliphatic carbocycles. The highest BCUT2D eigenvalue weighted by atomic mass is 16.5. The highest BCUT2D eigenvalue weighted by Gasteiger charge is 2.39. The van der Waals surface area contributed by atoms with Crippen LogP contribution in [-0.2, 0) is 4.79 Å². The van der Waals surface area contributed by atoms with Crippen LogP contribution in [0.25, 0.3) is 0 Å². The van der Waals surface area contributed by atoms with Gasteiger partial charge in [-0.05, 0) is 45.7 Å². The Bertz CT molecular complexity index is 675. The quantitative estimate of drug-likeness (QED) is 0.716. The van der Waals surface area contributed by atoms with Gasteiger partial charge in [0.1, 0.15) is 0 Å². The van der Waals surface area contributed by atoms with Crippen molar-refractivity contribution in [2.45, 2.75) is 52.1 Å². The standard InChI is InChI=1S/C20H28N2O5/c1-4-25-16-9-13(10-17(26-5-2)19(16)27-6-3)20(24)21-14-11-18(23)22(12-14)15-7-8-15/h9-10,14-15H,4-8,11-12H2,1-3H3,(H,21,24)/t14-/m1/s1. The van der Waals surface area contributed by atoms with Gasteiger partial charge in [-0.25, -0.2) is 0 Å². The normalized spacial score (nSPS) is 19.1. The molecule has 3 rings (SSSR count). The molecule has 1 aromatic rings. The van der Waals surface area contributed by atoms with Crippen molar-refractivity contribution < 1.29 is 23.8 Å². The Morgan fingerprint density at radius 1 is 1.07 bits per heavy atom. The Labute approximate surface area is 160 Å². The molecule has 1 aromatic carbocycles. The number of nitrogens with zero attached hydrogens (tertiary/aromatic N) is 1. The Kier molecular flexibility index (Phi) is 6.08. The van der Waals surface area contributed by atoms with Gasteiger partial charge in [0, 0.05) is 24.6 Å². The van der Waals surface area contributed by atoms with E-state index < -0.39 is 0 Å². The lowest BCUT2D eigenvalue weighted by Gasteiger charge is -2.18. The molecule has 0 bridgehead atoms. The van der Waals surface area contributed by atoms with E-state index in [1.807, 2.05) is 25.7 Å². The maximum Gasteiger partial charge on any atom is 0.251 e. The molecule has 0 spiro atoms. The summed E-state index contributed by atoms with van der Waals surface area (Å²) in [7, 11) is 0. The van der Waals surface area contributed by atoms with Gasteiger partial charge in [0.25, 0.3) is 5.91 Å². The number of rotatable bonds is 9. The Morgan fingerprint density at radius 3 is 2.19 bits per heavy atom. The van der Waals surface area contributed by atoms with Gasteiger partial charge >= 0.3 is 0 Å². The summed E-state index contributed by atoms with van der Waals surface area (Å²) in [5.74, 6) is 1.36. The Hall–Kier alpha value is -2.44. The average Bonchev–Trinajstić information content (AvgIpc) is 3.41. The molecule has 2 fully saturated rings. The number of hydrogen-bond acceptors (Lipinski definition) is 5. The zero-order chi connectivity index (χ0) is 19.4. The first kappa shape index (κ1) is 19.3. The lowest BCUT2D eigenvalue weighted by molar-refractivity contribution is -0.128. The molecule has 7 nitrogen and oxygen atoms in total. The van der Waals surface area contributed by atoms with Crippen molar-refractivity contribution in [1.29, 1.82) is 0 Å². The van der Waals surface area contributed by atoms with E-state index in [-0.39, 0.29) is 17.9 Å². The van der Waals surface area contributed by atoms with Gasteiger partial charge in [0.2, 0.25) is 11.7 Å². The van der Waals surface area contributed by atoms with E-state index in [1.165, 1.54) is 0 Å². The van der Waals surface area contributed by atoms with Crippen molar-refractivity contribution >= 4 is 11.8 Å². The fourth-order valence-corrected chi connectivity index (χ4v) is 3.36. The minimum Gasteiger partial charge on any atom is -0.490 e. The van der Waals surface area contributed by atoms with Crippen molar-refractivity contribution in [2.24, 2.45) is 0 Å². The van der Waals surface area contributed by atoms with Gasteiger partial charge in [-0.2, -0.15) is 0 Å². The predicted molar refractivity (Wildman–Crippen MR) is 101 cm³/mol. The van der Waals surface area contributed by atoms with Gasteiger partial charge < -0.3 is 24.4 Å². The Balaban J connectivity index is 1.77. The second kappa shape index (κ2) is 8.50. The smallest absolute Gasteiger partial charge is 0.251 e. The van der Waals surface area contributed by atoms with Crippen LogP contribution in [0.3, 0.4) is 0 Å². The third kappa shape index (κ3) is 4.46. The van der Waals surface area contributed by atoms with E-state index in [0.717, 1.165) is 12.8 Å². The first-order valence-corrected chi connectivity index (χ1v) is 9.74. The van der Waals surface area contributed by atoms with E-state index in [0.29, 0.717) is 61.6 Å². The monoisotopic (exact) mass is 376 g/mol. The van der Waals surface area contributed by atoms with E-state index in [4.69, 9.17) is 14.2 Å². The number of carbonyl (C=O) groups excluding carboxylic acids is 2. The number of amides is 2. The SMILES string of the molecule is CCOc1cc(C(=O)N[C@@H]2CC(=O)N(C3CC3)C2)cc(OCC)c1OCC. The molecule has 0 unspecified atom stereocenters. The highest BCUT2D eigenvalue weighted by molar-refractivity contribution is 5.96. The summed E-state index contributed by atoms with van der Waals surface area (Å²) < 4.78 is 17.0. The third-order valence-corrected chi connectivity index (χ3v) is 4.65. The van der Waals surface area contributed by atoms with Crippen molar-refractivity contribution in [3.8, 4) is 17.2 Å². The van der Waals surface area contributed by atoms with E-state index in [1.54, 1.807) is 12.1 Å². The first-order valence-electron chi connectivity index (χ1n) is 9.74. The van der Waals surface area contributed by atoms with Crippen molar-refractivity contribution in [3.63, 3.8) is 0 Å². The maximum atomic E-state index is 12.8. The van der Waals surface area contributed by atoms with Crippen LogP contribution in [-0.4, -0.2) is 55.2 Å². The molecule has 1 heterocycles. The number of nitrogens with one attached hydrogen (secondary N) is 1. The van der Waals surface area contributed by atoms with Crippen molar-refractivity contribution in [1.82, 2.24) is 10.2 Å². The van der Waals surface area contributed by atoms with Gasteiger partial charge in [0.15, 0.2) is 11.5 Å². The molecule has 27 heavy (non-hydrogen) atoms. The van der Waals surface area contributed by atoms with Crippen LogP contribution in [0.1, 0.15) is 50.4 Å². The zero-order valence-electron chi connectivity index (χ0n) is 16.2. The number of carbonyl (C=O) groups is 2. The molecule has 1 N–H and O–H groups in total. The van der Waals surface area contributed by atoms with E-state index in [9.17, 15) is 9.59 Å². The molecule has 0 radical (unpaired) electrons. The van der Waals surface area contributed by atoms with Crippen LogP contribution >= 0.6 is 0 Å². The highest BCUT2D eigenvalue weighted by Crippen LogP contribution is 2.39. The second-order valence-electron chi connectivity index (χ2n) is 6.75. The fraction of sp³-hybridized carbons (Fsp3) is 0.600. The van der Waals surface area contributed by atoms with Gasteiger partial charge in [0.05, 0.1) is 25.9 Å². The van der Waals surface area contributed by atoms with Gasteiger partial charge in [-0.3, -0.25) is 9.59 Å². The molecule has 1 atom stereocenters. The van der Waals surface area contributed by atoms with Gasteiger partial charge in [-0.1, -0.05) is 0 Å². The minimum absolute atomic E-state index is 0.125. The Morgan fingerprint density at radius 2 is 1.67 bits per heavy atom. The first-order chi connectivity index (χ1) is 13.1. The fourth-order valence-electron chi connectivity index (χ4n) is 3.36. The van der Waals surface area contributed by atoms with Crippen LogP contribution < -0.4 is 19.5 Å². The largest absolute Gasteiger partial charge is 0.490 e. The summed E-state index contributed by atoms with van der Waals surface area (Å²) in [6.07, 6.45) is 2.50. The van der Waals surface area contributed by atoms with Crippen LogP contribution in [0.5, 0.6) is 17.2 Å². The zero-order valence-corrected chi connectivity index (χ0v) is 16.2. The predicted octanol–water partition coefficient (Wildman–Crippen LogP) is 2.38. The van der Waals surface area contributed by atoms with Crippen LogP contribution in [0.2, 0.25) is 0 Å². The van der Waals surface area contributed by atoms with E-state index >= 15 is 0 Å². The molecule has 1 aliphatic heterocycles. The number of ether oxygens (including phenoxy) is 3. The molecule has 7 heteroatoms. The van der Waals surface area contributed by atoms with E-state index in [2.05, 4.69) is 5.32 Å². The lowest BCUT2D eigenvalue weighted by Crippen LogP contribution is -2.37. The maximum absolute atomic E-state index is 12.8. The lowest BCUT2D eigenvalue weighted by atomic mass is 10.1. The molecule has 2 aliphatic rings. The topological polar surface area (TPSA) is 77.1 Å². The summed E-state index contributed by atoms with van der Waals surface area (Å²) in [5, 5.41) is 2.97. The van der Waals surface area contributed by atoms with Crippen molar-refractivity contribution in [3.05, 3.63) is 17.7 Å². The third-order valence-electron chi connectivity index (χ3n) is 4.65. The summed E-state index contributed by atoms with van der Waals surface area (Å²) in [6, 6.07) is 3.55. The second-order valence-corrected chi connectivity index (χ2v) is 6.75. The van der Waals surface area contributed by atoms with Crippen molar-refractivity contribution in [2.75, 3.05) is 26.4 Å². The average molecular weight is 376 g/mol. The minimum atomic E-state index is -0.240. The van der Waals surface area contributed by atoms with Crippen LogP contribution in [0.4, 0.5) is 0 Å².